The van der Waals surface area contributed by atoms with Crippen LogP contribution < -0.4 is 11.1 Å². The minimum absolute atomic E-state index is 0.0421. The smallest absolute Gasteiger partial charge is 0.393 e. The van der Waals surface area contributed by atoms with Gasteiger partial charge in [-0.15, -0.1) is 0 Å². The first-order chi connectivity index (χ1) is 24.3. The summed E-state index contributed by atoms with van der Waals surface area (Å²) in [7, 11) is -4.40. The Hall–Kier alpha value is -1.58. The van der Waals surface area contributed by atoms with Crippen molar-refractivity contribution in [3.8, 4) is 0 Å². The van der Waals surface area contributed by atoms with Crippen molar-refractivity contribution < 1.29 is 33.5 Å². The summed E-state index contributed by atoms with van der Waals surface area (Å²) in [5, 5.41) is 23.9. The van der Waals surface area contributed by atoms with Crippen LogP contribution in [-0.2, 0) is 18.4 Å². The van der Waals surface area contributed by atoms with Gasteiger partial charge in [0.05, 0.1) is 37.9 Å². The first-order valence-electron chi connectivity index (χ1n) is 19.9. The summed E-state index contributed by atoms with van der Waals surface area (Å²) in [6.45, 7) is 3.87. The van der Waals surface area contributed by atoms with E-state index >= 15 is 0 Å². The molecule has 0 fully saturated rings. The summed E-state index contributed by atoms with van der Waals surface area (Å²) in [6.07, 6.45) is 39.1. The molecule has 0 saturated heterocycles. The summed E-state index contributed by atoms with van der Waals surface area (Å²) in [5.74, 6) is -0.464. The van der Waals surface area contributed by atoms with Crippen molar-refractivity contribution in [2.75, 3.05) is 19.8 Å². The van der Waals surface area contributed by atoms with E-state index in [-0.39, 0.29) is 19.6 Å². The lowest BCUT2D eigenvalue weighted by Crippen LogP contribution is -2.46. The number of hydrogen-bond acceptors (Lipinski definition) is 7. The largest absolute Gasteiger partial charge is 0.472 e. The van der Waals surface area contributed by atoms with Crippen molar-refractivity contribution in [3.05, 3.63) is 48.6 Å². The molecule has 50 heavy (non-hydrogen) atoms. The van der Waals surface area contributed by atoms with Gasteiger partial charge in [0.2, 0.25) is 5.91 Å². The number of phosphoric ester groups is 1. The van der Waals surface area contributed by atoms with Crippen molar-refractivity contribution in [2.24, 2.45) is 5.73 Å². The predicted molar refractivity (Wildman–Crippen MR) is 209 cm³/mol. The fourth-order valence-corrected chi connectivity index (χ4v) is 6.18. The van der Waals surface area contributed by atoms with E-state index in [1.54, 1.807) is 6.08 Å². The van der Waals surface area contributed by atoms with E-state index in [1.807, 2.05) is 6.08 Å². The molecule has 0 saturated carbocycles. The zero-order valence-corrected chi connectivity index (χ0v) is 32.6. The number of hydrogen-bond donors (Lipinski definition) is 5. The van der Waals surface area contributed by atoms with Crippen molar-refractivity contribution in [1.29, 1.82) is 0 Å². The first-order valence-corrected chi connectivity index (χ1v) is 21.4. The average molecular weight is 727 g/mol. The van der Waals surface area contributed by atoms with Gasteiger partial charge in [0.25, 0.3) is 0 Å². The molecule has 0 spiro atoms. The van der Waals surface area contributed by atoms with E-state index in [0.29, 0.717) is 12.8 Å². The Labute approximate surface area is 305 Å². The zero-order valence-electron chi connectivity index (χ0n) is 31.7. The molecule has 0 rings (SSSR count). The van der Waals surface area contributed by atoms with Crippen molar-refractivity contribution >= 4 is 13.7 Å². The Bertz CT molecular complexity index is 941. The van der Waals surface area contributed by atoms with Crippen LogP contribution in [0.2, 0.25) is 0 Å². The number of unbranched alkanes of at least 4 members (excludes halogenated alkanes) is 17. The van der Waals surface area contributed by atoms with Gasteiger partial charge in [-0.2, -0.15) is 0 Å². The predicted octanol–water partition coefficient (Wildman–Crippen LogP) is 9.52. The van der Waals surface area contributed by atoms with E-state index in [9.17, 15) is 24.5 Å². The number of carbonyl (C=O) groups excluding carboxylic acids is 1. The van der Waals surface area contributed by atoms with Crippen LogP contribution in [0, 0.1) is 0 Å². The van der Waals surface area contributed by atoms with Crippen LogP contribution in [0.3, 0.4) is 0 Å². The second-order valence-corrected chi connectivity index (χ2v) is 14.8. The maximum absolute atomic E-state index is 12.7. The number of phosphoric acid groups is 1. The molecule has 0 bridgehead atoms. The van der Waals surface area contributed by atoms with Crippen LogP contribution in [0.1, 0.15) is 162 Å². The van der Waals surface area contributed by atoms with E-state index in [4.69, 9.17) is 14.8 Å². The van der Waals surface area contributed by atoms with Crippen molar-refractivity contribution in [1.82, 2.24) is 5.32 Å². The summed E-state index contributed by atoms with van der Waals surface area (Å²) in [6, 6.07) is -1.00. The second-order valence-electron chi connectivity index (χ2n) is 13.3. The molecule has 0 aromatic rings. The van der Waals surface area contributed by atoms with E-state index < -0.39 is 38.6 Å². The average Bonchev–Trinajstić information content (AvgIpc) is 3.09. The normalized spacial score (nSPS) is 15.4. The molecule has 1 amide bonds. The maximum atomic E-state index is 12.7. The molecular weight excluding hydrogens is 651 g/mol. The van der Waals surface area contributed by atoms with Gasteiger partial charge in [-0.25, -0.2) is 4.57 Å². The van der Waals surface area contributed by atoms with Gasteiger partial charge in [0.15, 0.2) is 0 Å². The van der Waals surface area contributed by atoms with Gasteiger partial charge in [-0.3, -0.25) is 13.8 Å². The van der Waals surface area contributed by atoms with Gasteiger partial charge in [-0.1, -0.05) is 146 Å². The standard InChI is InChI=1S/C40H75N2O7P/c1-3-5-7-9-11-13-15-16-17-18-19-20-22-23-25-27-29-31-37(43)35-40(45)42-38(36-49-50(46,47)48-34-33-41)39(44)32-30-28-26-24-21-14-12-10-8-6-4-2/h11,13,15-16,21,24,30,32,37-39,43-44H,3-10,12,14,17-20,22-23,25-29,31,33-36,41H2,1-2H3,(H,42,45)(H,46,47)/b13-11-,16-15-,24-21+,32-30+. The number of nitrogens with one attached hydrogen (secondary N) is 1. The molecule has 4 atom stereocenters. The third kappa shape index (κ3) is 33.6. The van der Waals surface area contributed by atoms with Crippen LogP contribution in [0.25, 0.3) is 0 Å². The fourth-order valence-electron chi connectivity index (χ4n) is 5.42. The highest BCUT2D eigenvalue weighted by Gasteiger charge is 2.27. The molecule has 0 heterocycles. The zero-order chi connectivity index (χ0) is 37.0. The molecule has 0 aromatic carbocycles. The van der Waals surface area contributed by atoms with Gasteiger partial charge < -0.3 is 26.2 Å². The lowest BCUT2D eigenvalue weighted by atomic mass is 10.0. The molecule has 0 aliphatic carbocycles. The topological polar surface area (TPSA) is 151 Å². The number of nitrogens with two attached hydrogens (primary N) is 1. The number of aliphatic hydroxyl groups excluding tert-OH is 2. The van der Waals surface area contributed by atoms with E-state index in [0.717, 1.165) is 38.5 Å². The van der Waals surface area contributed by atoms with Gasteiger partial charge in [-0.05, 0) is 57.8 Å². The van der Waals surface area contributed by atoms with E-state index in [1.165, 1.54) is 89.9 Å². The number of carbonyl (C=O) groups is 1. The lowest BCUT2D eigenvalue weighted by molar-refractivity contribution is -0.124. The summed E-state index contributed by atoms with van der Waals surface area (Å²) >= 11 is 0. The van der Waals surface area contributed by atoms with Crippen LogP contribution in [-0.4, -0.2) is 59.0 Å². The van der Waals surface area contributed by atoms with E-state index in [2.05, 4.69) is 55.6 Å². The molecule has 292 valence electrons. The molecule has 0 radical (unpaired) electrons. The highest BCUT2D eigenvalue weighted by atomic mass is 31.2. The number of aliphatic hydroxyl groups is 2. The lowest BCUT2D eigenvalue weighted by Gasteiger charge is -2.24. The minimum Gasteiger partial charge on any atom is -0.393 e. The Morgan fingerprint density at radius 3 is 1.82 bits per heavy atom. The molecule has 9 nitrogen and oxygen atoms in total. The monoisotopic (exact) mass is 727 g/mol. The van der Waals surface area contributed by atoms with Crippen LogP contribution in [0.15, 0.2) is 48.6 Å². The maximum Gasteiger partial charge on any atom is 0.472 e. The second kappa shape index (κ2) is 35.8. The third-order valence-corrected chi connectivity index (χ3v) is 9.44. The Kier molecular flexibility index (Phi) is 34.7. The number of rotatable bonds is 36. The molecule has 6 N–H and O–H groups in total. The molecule has 0 aliphatic heterocycles. The Balaban J connectivity index is 4.39. The Morgan fingerprint density at radius 1 is 0.700 bits per heavy atom. The molecule has 10 heteroatoms. The third-order valence-electron chi connectivity index (χ3n) is 8.46. The number of amides is 1. The van der Waals surface area contributed by atoms with Crippen LogP contribution >= 0.6 is 7.82 Å². The fraction of sp³-hybridized carbons (Fsp3) is 0.775. The van der Waals surface area contributed by atoms with Gasteiger partial charge in [0, 0.05) is 6.54 Å². The van der Waals surface area contributed by atoms with Gasteiger partial charge >= 0.3 is 7.82 Å². The van der Waals surface area contributed by atoms with Crippen LogP contribution in [0.4, 0.5) is 0 Å². The Morgan fingerprint density at radius 2 is 1.20 bits per heavy atom. The molecule has 0 aromatic heterocycles. The summed E-state index contributed by atoms with van der Waals surface area (Å²) < 4.78 is 22.0. The SMILES string of the molecule is CCCCC/C=C\C=C/CCCCCCCCCCC(O)CC(=O)NC(COP(=O)(O)OCCN)C(O)/C=C/CC/C=C/CCCCCCC. The molecule has 4 unspecified atom stereocenters. The highest BCUT2D eigenvalue weighted by Crippen LogP contribution is 2.43. The minimum atomic E-state index is -4.40. The van der Waals surface area contributed by atoms with Crippen LogP contribution in [0.5, 0.6) is 0 Å². The van der Waals surface area contributed by atoms with Gasteiger partial charge in [0.1, 0.15) is 0 Å². The van der Waals surface area contributed by atoms with Crippen molar-refractivity contribution in [2.45, 2.75) is 180 Å². The summed E-state index contributed by atoms with van der Waals surface area (Å²) in [4.78, 5) is 22.6. The summed E-state index contributed by atoms with van der Waals surface area (Å²) in [5.41, 5.74) is 5.34. The molecule has 0 aliphatic rings. The molecular formula is C40H75N2O7P. The van der Waals surface area contributed by atoms with Crippen molar-refractivity contribution in [3.63, 3.8) is 0 Å². The number of allylic oxidation sites excluding steroid dienone is 7. The highest BCUT2D eigenvalue weighted by molar-refractivity contribution is 7.47. The quantitative estimate of drug-likeness (QED) is 0.0185. The first kappa shape index (κ1) is 48.4.